The summed E-state index contributed by atoms with van der Waals surface area (Å²) >= 11 is 5.72. The molecule has 0 bridgehead atoms. The molecule has 6 heteroatoms. The van der Waals surface area contributed by atoms with Crippen molar-refractivity contribution in [3.8, 4) is 5.75 Å². The van der Waals surface area contributed by atoms with E-state index in [4.69, 9.17) is 22.1 Å². The van der Waals surface area contributed by atoms with Crippen LogP contribution in [0.4, 0.5) is 5.69 Å². The van der Waals surface area contributed by atoms with Gasteiger partial charge in [0, 0.05) is 13.1 Å². The molecular weight excluding hydrogens is 218 g/mol. The molecule has 1 aromatic heterocycles. The number of rotatable bonds is 0. The first-order valence-electron chi connectivity index (χ1n) is 4.41. The number of amides is 1. The van der Waals surface area contributed by atoms with Gasteiger partial charge in [-0.25, -0.2) is 4.98 Å². The Kier molecular flexibility index (Phi) is 2.50. The highest BCUT2D eigenvalue weighted by Crippen LogP contribution is 2.31. The fraction of sp³-hybridized carbons (Fsp3) is 0.333. The predicted octanol–water partition coefficient (Wildman–Crippen LogP) is 0.418. The Morgan fingerprint density at radius 3 is 3.20 bits per heavy atom. The Balaban J connectivity index is 2.47. The molecule has 0 saturated heterocycles. The van der Waals surface area contributed by atoms with E-state index in [1.165, 1.54) is 11.1 Å². The minimum absolute atomic E-state index is 0.149. The van der Waals surface area contributed by atoms with Gasteiger partial charge in [0.1, 0.15) is 29.2 Å². The molecule has 1 aromatic rings. The number of carbonyl (C=O) groups excluding carboxylic acids is 1. The molecular formula is C9H10ClN3O2. The quantitative estimate of drug-likeness (QED) is 0.652. The molecule has 0 unspecified atom stereocenters. The van der Waals surface area contributed by atoms with Crippen molar-refractivity contribution in [2.75, 3.05) is 18.6 Å². The number of anilines is 1. The lowest BCUT2D eigenvalue weighted by molar-refractivity contribution is -0.119. The highest BCUT2D eigenvalue weighted by atomic mass is 35.5. The number of nitrogens with two attached hydrogens (primary N) is 1. The van der Waals surface area contributed by atoms with E-state index in [1.54, 1.807) is 13.1 Å². The van der Waals surface area contributed by atoms with Gasteiger partial charge in [-0.3, -0.25) is 4.79 Å². The SMILES string of the molecule is CN1C(=O)[C@@H](N)COc2cc(Cl)ncc21. The molecule has 1 atom stereocenters. The van der Waals surface area contributed by atoms with Gasteiger partial charge in [-0.1, -0.05) is 11.6 Å². The van der Waals surface area contributed by atoms with Crippen LogP contribution in [0.25, 0.3) is 0 Å². The van der Waals surface area contributed by atoms with Crippen LogP contribution in [0.2, 0.25) is 5.15 Å². The van der Waals surface area contributed by atoms with Crippen molar-refractivity contribution in [3.63, 3.8) is 0 Å². The summed E-state index contributed by atoms with van der Waals surface area (Å²) in [6, 6.07) is 0.916. The van der Waals surface area contributed by atoms with E-state index in [0.717, 1.165) is 0 Å². The molecule has 2 heterocycles. The van der Waals surface area contributed by atoms with Crippen LogP contribution in [0, 0.1) is 0 Å². The van der Waals surface area contributed by atoms with Crippen molar-refractivity contribution in [1.82, 2.24) is 4.98 Å². The summed E-state index contributed by atoms with van der Waals surface area (Å²) in [5.41, 5.74) is 6.20. The van der Waals surface area contributed by atoms with Gasteiger partial charge in [0.2, 0.25) is 5.91 Å². The Morgan fingerprint density at radius 1 is 1.73 bits per heavy atom. The lowest BCUT2D eigenvalue weighted by Crippen LogP contribution is -2.43. The zero-order valence-corrected chi connectivity index (χ0v) is 8.86. The topological polar surface area (TPSA) is 68.5 Å². The molecule has 0 aliphatic carbocycles. The summed E-state index contributed by atoms with van der Waals surface area (Å²) in [6.07, 6.45) is 1.49. The van der Waals surface area contributed by atoms with Crippen LogP contribution in [0.3, 0.4) is 0 Å². The molecule has 0 spiro atoms. The normalized spacial score (nSPS) is 20.6. The highest BCUT2D eigenvalue weighted by Gasteiger charge is 2.26. The molecule has 0 saturated carbocycles. The van der Waals surface area contributed by atoms with Crippen LogP contribution in [-0.2, 0) is 4.79 Å². The van der Waals surface area contributed by atoms with Crippen molar-refractivity contribution in [1.29, 1.82) is 0 Å². The summed E-state index contributed by atoms with van der Waals surface area (Å²) in [5, 5.41) is 0.324. The number of hydrogen-bond donors (Lipinski definition) is 1. The molecule has 1 amide bonds. The summed E-state index contributed by atoms with van der Waals surface area (Å²) in [7, 11) is 1.63. The van der Waals surface area contributed by atoms with Crippen LogP contribution >= 0.6 is 11.6 Å². The number of fused-ring (bicyclic) bond motifs is 1. The van der Waals surface area contributed by atoms with Gasteiger partial charge < -0.3 is 15.4 Å². The van der Waals surface area contributed by atoms with Gasteiger partial charge in [0.05, 0.1) is 6.20 Å². The van der Waals surface area contributed by atoms with Crippen molar-refractivity contribution < 1.29 is 9.53 Å². The number of halogens is 1. The molecule has 2 rings (SSSR count). The van der Waals surface area contributed by atoms with E-state index in [-0.39, 0.29) is 12.5 Å². The second-order valence-corrected chi connectivity index (χ2v) is 3.68. The number of aromatic nitrogens is 1. The Hall–Kier alpha value is -1.33. The molecule has 5 nitrogen and oxygen atoms in total. The average Bonchev–Trinajstić information content (AvgIpc) is 2.32. The Morgan fingerprint density at radius 2 is 2.47 bits per heavy atom. The van der Waals surface area contributed by atoms with Crippen molar-refractivity contribution in [2.24, 2.45) is 5.73 Å². The molecule has 1 aliphatic rings. The van der Waals surface area contributed by atoms with E-state index in [1.807, 2.05) is 0 Å². The largest absolute Gasteiger partial charge is 0.489 e. The number of likely N-dealkylation sites (N-methyl/N-ethyl adjacent to an activating group) is 1. The van der Waals surface area contributed by atoms with Crippen LogP contribution in [0.15, 0.2) is 12.3 Å². The highest BCUT2D eigenvalue weighted by molar-refractivity contribution is 6.29. The van der Waals surface area contributed by atoms with Gasteiger partial charge in [0.25, 0.3) is 0 Å². The van der Waals surface area contributed by atoms with E-state index < -0.39 is 6.04 Å². The average molecular weight is 228 g/mol. The van der Waals surface area contributed by atoms with Crippen LogP contribution in [0.1, 0.15) is 0 Å². The Labute approximate surface area is 91.8 Å². The maximum atomic E-state index is 11.7. The minimum Gasteiger partial charge on any atom is -0.489 e. The summed E-state index contributed by atoms with van der Waals surface area (Å²) in [4.78, 5) is 17.0. The molecule has 80 valence electrons. The van der Waals surface area contributed by atoms with E-state index >= 15 is 0 Å². The third-order valence-corrected chi connectivity index (χ3v) is 2.45. The minimum atomic E-state index is -0.652. The lowest BCUT2D eigenvalue weighted by atomic mass is 10.3. The van der Waals surface area contributed by atoms with Crippen LogP contribution in [-0.4, -0.2) is 30.6 Å². The fourth-order valence-corrected chi connectivity index (χ4v) is 1.54. The maximum absolute atomic E-state index is 11.7. The Bertz CT molecular complexity index is 410. The van der Waals surface area contributed by atoms with Gasteiger partial charge in [-0.15, -0.1) is 0 Å². The molecule has 0 fully saturated rings. The monoisotopic (exact) mass is 227 g/mol. The number of ether oxygens (including phenoxy) is 1. The van der Waals surface area contributed by atoms with Crippen LogP contribution in [0.5, 0.6) is 5.75 Å². The molecule has 0 aromatic carbocycles. The lowest BCUT2D eigenvalue weighted by Gasteiger charge is -2.16. The van der Waals surface area contributed by atoms with Gasteiger partial charge in [0.15, 0.2) is 0 Å². The number of hydrogen-bond acceptors (Lipinski definition) is 4. The molecule has 15 heavy (non-hydrogen) atoms. The zero-order valence-electron chi connectivity index (χ0n) is 8.11. The fourth-order valence-electron chi connectivity index (χ4n) is 1.39. The second kappa shape index (κ2) is 3.67. The first-order chi connectivity index (χ1) is 7.09. The second-order valence-electron chi connectivity index (χ2n) is 3.29. The number of carbonyl (C=O) groups is 1. The summed E-state index contributed by atoms with van der Waals surface area (Å²) in [6.45, 7) is 0.149. The maximum Gasteiger partial charge on any atom is 0.247 e. The van der Waals surface area contributed by atoms with E-state index in [2.05, 4.69) is 4.98 Å². The molecule has 2 N–H and O–H groups in total. The number of pyridine rings is 1. The smallest absolute Gasteiger partial charge is 0.247 e. The van der Waals surface area contributed by atoms with Crippen molar-refractivity contribution in [2.45, 2.75) is 6.04 Å². The van der Waals surface area contributed by atoms with Gasteiger partial charge in [-0.05, 0) is 0 Å². The van der Waals surface area contributed by atoms with Gasteiger partial charge >= 0.3 is 0 Å². The first-order valence-corrected chi connectivity index (χ1v) is 4.79. The summed E-state index contributed by atoms with van der Waals surface area (Å²) < 4.78 is 5.37. The van der Waals surface area contributed by atoms with Crippen molar-refractivity contribution >= 4 is 23.2 Å². The van der Waals surface area contributed by atoms with E-state index in [0.29, 0.717) is 16.6 Å². The van der Waals surface area contributed by atoms with Gasteiger partial charge in [-0.2, -0.15) is 0 Å². The molecule has 1 aliphatic heterocycles. The number of nitrogens with zero attached hydrogens (tertiary/aromatic N) is 2. The third-order valence-electron chi connectivity index (χ3n) is 2.24. The summed E-state index contributed by atoms with van der Waals surface area (Å²) in [5.74, 6) is 0.330. The zero-order chi connectivity index (χ0) is 11.0. The third kappa shape index (κ3) is 1.75. The standard InChI is InChI=1S/C9H10ClN3O2/c1-13-6-3-12-8(10)2-7(6)15-4-5(11)9(13)14/h2-3,5H,4,11H2,1H3/t5-/m0/s1. The van der Waals surface area contributed by atoms with Crippen molar-refractivity contribution in [3.05, 3.63) is 17.4 Å². The first kappa shape index (κ1) is 10.2. The molecule has 0 radical (unpaired) electrons. The van der Waals surface area contributed by atoms with E-state index in [9.17, 15) is 4.79 Å². The predicted molar refractivity (Wildman–Crippen MR) is 56.1 cm³/mol. The van der Waals surface area contributed by atoms with Crippen LogP contribution < -0.4 is 15.4 Å².